The molecule has 1 aromatic heterocycles. The number of amides is 1. The van der Waals surface area contributed by atoms with E-state index in [1.165, 1.54) is 24.3 Å². The molecule has 2 aromatic carbocycles. The number of hydrogen-bond donors (Lipinski definition) is 1. The monoisotopic (exact) mass is 413 g/mol. The molecule has 0 unspecified atom stereocenters. The van der Waals surface area contributed by atoms with Crippen molar-refractivity contribution in [1.82, 2.24) is 15.5 Å². The van der Waals surface area contributed by atoms with E-state index < -0.39 is 18.5 Å². The second-order valence-corrected chi connectivity index (χ2v) is 6.27. The molecule has 0 aliphatic heterocycles. The zero-order chi connectivity index (χ0) is 21.3. The van der Waals surface area contributed by atoms with Gasteiger partial charge in [-0.25, -0.2) is 4.39 Å². The molecule has 0 spiro atoms. The van der Waals surface area contributed by atoms with Crippen LogP contribution in [-0.2, 0) is 27.3 Å². The quantitative estimate of drug-likeness (QED) is 0.538. The summed E-state index contributed by atoms with van der Waals surface area (Å²) >= 11 is 0. The number of nitrogens with zero attached hydrogens (tertiary/aromatic N) is 2. The van der Waals surface area contributed by atoms with E-state index in [0.717, 1.165) is 5.56 Å². The number of nitrogens with one attached hydrogen (secondary N) is 1. The van der Waals surface area contributed by atoms with E-state index in [0.29, 0.717) is 17.1 Å². The molecule has 156 valence electrons. The van der Waals surface area contributed by atoms with Gasteiger partial charge in [0.05, 0.1) is 13.5 Å². The number of carbonyl (C=O) groups excluding carboxylic acids is 2. The fourth-order valence-corrected chi connectivity index (χ4v) is 2.59. The number of methoxy groups -OCH3 is 1. The van der Waals surface area contributed by atoms with Crippen LogP contribution in [0, 0.1) is 5.82 Å². The molecule has 0 saturated heterocycles. The van der Waals surface area contributed by atoms with Crippen LogP contribution in [0.15, 0.2) is 53.1 Å². The minimum atomic E-state index is -0.566. The number of rotatable bonds is 9. The number of para-hydroxylation sites is 1. The number of aryl methyl sites for hydroxylation is 1. The van der Waals surface area contributed by atoms with Crippen molar-refractivity contribution in [2.75, 3.05) is 13.7 Å². The molecular formula is C21H20FN3O5. The van der Waals surface area contributed by atoms with E-state index >= 15 is 0 Å². The number of ether oxygens (including phenoxy) is 2. The standard InChI is InChI=1S/C21H20FN3O5/c1-28-17-5-3-2-4-15(17)12-23-18(26)13-29-20(27)11-10-19-24-21(25-30-19)14-6-8-16(22)9-7-14/h2-9H,10-13H2,1H3,(H,23,26). The Morgan fingerprint density at radius 3 is 2.67 bits per heavy atom. The van der Waals surface area contributed by atoms with Crippen molar-refractivity contribution >= 4 is 11.9 Å². The van der Waals surface area contributed by atoms with Crippen LogP contribution in [0.1, 0.15) is 17.9 Å². The van der Waals surface area contributed by atoms with Crippen LogP contribution >= 0.6 is 0 Å². The number of halogens is 1. The second kappa shape index (κ2) is 10.1. The minimum absolute atomic E-state index is 0.0230. The molecule has 3 rings (SSSR count). The molecule has 0 bridgehead atoms. The van der Waals surface area contributed by atoms with E-state index in [1.807, 2.05) is 18.2 Å². The third-order valence-corrected chi connectivity index (χ3v) is 4.15. The molecule has 0 fully saturated rings. The van der Waals surface area contributed by atoms with E-state index in [1.54, 1.807) is 13.2 Å². The molecule has 3 aromatic rings. The van der Waals surface area contributed by atoms with Gasteiger partial charge in [-0.2, -0.15) is 4.98 Å². The summed E-state index contributed by atoms with van der Waals surface area (Å²) in [5, 5.41) is 6.47. The molecule has 0 aliphatic carbocycles. The van der Waals surface area contributed by atoms with Crippen LogP contribution in [0.25, 0.3) is 11.4 Å². The van der Waals surface area contributed by atoms with E-state index in [4.69, 9.17) is 14.0 Å². The minimum Gasteiger partial charge on any atom is -0.496 e. The molecule has 1 N–H and O–H groups in total. The topological polar surface area (TPSA) is 104 Å². The summed E-state index contributed by atoms with van der Waals surface area (Å²) in [6, 6.07) is 12.9. The van der Waals surface area contributed by atoms with Crippen molar-refractivity contribution in [3.63, 3.8) is 0 Å². The van der Waals surface area contributed by atoms with Crippen LogP contribution in [0.2, 0.25) is 0 Å². The first kappa shape index (κ1) is 21.0. The van der Waals surface area contributed by atoms with Gasteiger partial charge in [0.15, 0.2) is 6.61 Å². The zero-order valence-electron chi connectivity index (χ0n) is 16.3. The fraction of sp³-hybridized carbons (Fsp3) is 0.238. The predicted octanol–water partition coefficient (Wildman–Crippen LogP) is 2.68. The maximum atomic E-state index is 13.0. The Balaban J connectivity index is 1.39. The lowest BCUT2D eigenvalue weighted by atomic mass is 10.2. The van der Waals surface area contributed by atoms with Gasteiger partial charge in [-0.3, -0.25) is 9.59 Å². The van der Waals surface area contributed by atoms with Crippen molar-refractivity contribution < 1.29 is 28.0 Å². The van der Waals surface area contributed by atoms with Gasteiger partial charge in [0.1, 0.15) is 11.6 Å². The maximum Gasteiger partial charge on any atom is 0.306 e. The average molecular weight is 413 g/mol. The van der Waals surface area contributed by atoms with Crippen LogP contribution in [0.5, 0.6) is 5.75 Å². The average Bonchev–Trinajstić information content (AvgIpc) is 3.24. The highest BCUT2D eigenvalue weighted by molar-refractivity contribution is 5.80. The first-order valence-corrected chi connectivity index (χ1v) is 9.18. The number of benzene rings is 2. The van der Waals surface area contributed by atoms with Crippen molar-refractivity contribution in [2.45, 2.75) is 19.4 Å². The van der Waals surface area contributed by atoms with Crippen LogP contribution in [0.4, 0.5) is 4.39 Å². The van der Waals surface area contributed by atoms with Crippen molar-refractivity contribution in [3.05, 3.63) is 65.8 Å². The molecule has 30 heavy (non-hydrogen) atoms. The fourth-order valence-electron chi connectivity index (χ4n) is 2.59. The number of carbonyl (C=O) groups is 2. The third kappa shape index (κ3) is 5.87. The predicted molar refractivity (Wildman–Crippen MR) is 104 cm³/mol. The highest BCUT2D eigenvalue weighted by Gasteiger charge is 2.13. The van der Waals surface area contributed by atoms with Crippen LogP contribution < -0.4 is 10.1 Å². The Kier molecular flexibility index (Phi) is 7.09. The number of esters is 1. The van der Waals surface area contributed by atoms with E-state index in [9.17, 15) is 14.0 Å². The molecule has 1 heterocycles. The lowest BCUT2D eigenvalue weighted by Gasteiger charge is -2.09. The summed E-state index contributed by atoms with van der Waals surface area (Å²) in [6.07, 6.45) is 0.140. The van der Waals surface area contributed by atoms with E-state index in [2.05, 4.69) is 15.5 Å². The second-order valence-electron chi connectivity index (χ2n) is 6.27. The van der Waals surface area contributed by atoms with Gasteiger partial charge in [0.2, 0.25) is 11.7 Å². The van der Waals surface area contributed by atoms with Gasteiger partial charge in [-0.15, -0.1) is 0 Å². The van der Waals surface area contributed by atoms with Crippen LogP contribution in [0.3, 0.4) is 0 Å². The Morgan fingerprint density at radius 2 is 1.90 bits per heavy atom. The normalized spacial score (nSPS) is 10.5. The Labute approximate surface area is 172 Å². The molecule has 0 aliphatic rings. The molecular weight excluding hydrogens is 393 g/mol. The van der Waals surface area contributed by atoms with Gasteiger partial charge in [-0.1, -0.05) is 23.4 Å². The lowest BCUT2D eigenvalue weighted by Crippen LogP contribution is -2.28. The summed E-state index contributed by atoms with van der Waals surface area (Å²) in [7, 11) is 1.55. The third-order valence-electron chi connectivity index (χ3n) is 4.15. The summed E-state index contributed by atoms with van der Waals surface area (Å²) in [4.78, 5) is 27.9. The highest BCUT2D eigenvalue weighted by Crippen LogP contribution is 2.17. The highest BCUT2D eigenvalue weighted by atomic mass is 19.1. The molecule has 0 atom stereocenters. The van der Waals surface area contributed by atoms with E-state index in [-0.39, 0.29) is 31.1 Å². The molecule has 0 saturated carbocycles. The first-order chi connectivity index (χ1) is 14.5. The summed E-state index contributed by atoms with van der Waals surface area (Å²) in [5.74, 6) is -0.151. The number of aromatic nitrogens is 2. The number of hydrogen-bond acceptors (Lipinski definition) is 7. The summed E-state index contributed by atoms with van der Waals surface area (Å²) < 4.78 is 28.2. The maximum absolute atomic E-state index is 13.0. The van der Waals surface area contributed by atoms with Gasteiger partial charge in [0.25, 0.3) is 5.91 Å². The first-order valence-electron chi connectivity index (χ1n) is 9.18. The molecule has 8 nitrogen and oxygen atoms in total. The van der Waals surface area contributed by atoms with Crippen molar-refractivity contribution in [3.8, 4) is 17.1 Å². The van der Waals surface area contributed by atoms with Gasteiger partial charge < -0.3 is 19.3 Å². The smallest absolute Gasteiger partial charge is 0.306 e. The van der Waals surface area contributed by atoms with Crippen molar-refractivity contribution in [1.29, 1.82) is 0 Å². The Hall–Kier alpha value is -3.75. The van der Waals surface area contributed by atoms with Gasteiger partial charge in [0, 0.05) is 24.1 Å². The summed E-state index contributed by atoms with van der Waals surface area (Å²) in [6.45, 7) is -0.132. The molecule has 1 amide bonds. The lowest BCUT2D eigenvalue weighted by molar-refractivity contribution is -0.148. The largest absolute Gasteiger partial charge is 0.496 e. The zero-order valence-corrected chi connectivity index (χ0v) is 16.3. The summed E-state index contributed by atoms with van der Waals surface area (Å²) in [5.41, 5.74) is 1.41. The molecule has 9 heteroatoms. The Bertz CT molecular complexity index is 1000. The van der Waals surface area contributed by atoms with Gasteiger partial charge in [-0.05, 0) is 30.3 Å². The SMILES string of the molecule is COc1ccccc1CNC(=O)COC(=O)CCc1nc(-c2ccc(F)cc2)no1. The Morgan fingerprint density at radius 1 is 1.13 bits per heavy atom. The van der Waals surface area contributed by atoms with Crippen molar-refractivity contribution in [2.24, 2.45) is 0 Å². The van der Waals surface area contributed by atoms with Gasteiger partial charge >= 0.3 is 5.97 Å². The van der Waals surface area contributed by atoms with Crippen LogP contribution in [-0.4, -0.2) is 35.7 Å². The molecule has 0 radical (unpaired) electrons.